The predicted molar refractivity (Wildman–Crippen MR) is 131 cm³/mol. The van der Waals surface area contributed by atoms with E-state index in [0.717, 1.165) is 17.2 Å². The minimum atomic E-state index is -0.634. The summed E-state index contributed by atoms with van der Waals surface area (Å²) in [4.78, 5) is 26.4. The summed E-state index contributed by atoms with van der Waals surface area (Å²) >= 11 is 0. The fraction of sp³-hybridized carbons (Fsp3) is 0.286. The minimum absolute atomic E-state index is 0.0502. The summed E-state index contributed by atoms with van der Waals surface area (Å²) in [7, 11) is 0. The Morgan fingerprint density at radius 1 is 1.03 bits per heavy atom. The predicted octanol–water partition coefficient (Wildman–Crippen LogP) is 5.45. The van der Waals surface area contributed by atoms with Crippen molar-refractivity contribution in [2.24, 2.45) is 5.73 Å². The van der Waals surface area contributed by atoms with E-state index in [0.29, 0.717) is 37.1 Å². The Bertz CT molecular complexity index is 1250. The molecule has 0 bridgehead atoms. The Morgan fingerprint density at radius 2 is 1.69 bits per heavy atom. The van der Waals surface area contributed by atoms with Gasteiger partial charge in [-0.25, -0.2) is 18.0 Å². The average molecular weight is 496 g/mol. The van der Waals surface area contributed by atoms with Gasteiger partial charge in [0.1, 0.15) is 17.5 Å². The first kappa shape index (κ1) is 25.3. The molecule has 4 rings (SSSR count). The smallest absolute Gasteiger partial charge is 0.312 e. The molecule has 8 heteroatoms. The van der Waals surface area contributed by atoms with Crippen LogP contribution in [-0.4, -0.2) is 29.9 Å². The maximum absolute atomic E-state index is 14.2. The van der Waals surface area contributed by atoms with Gasteiger partial charge in [0, 0.05) is 36.6 Å². The van der Waals surface area contributed by atoms with Gasteiger partial charge < -0.3 is 16.0 Å². The van der Waals surface area contributed by atoms with Crippen molar-refractivity contribution in [3.8, 4) is 11.1 Å². The number of nitrogens with zero attached hydrogens (tertiary/aromatic N) is 1. The van der Waals surface area contributed by atoms with Crippen LogP contribution in [0.4, 0.5) is 18.0 Å². The summed E-state index contributed by atoms with van der Waals surface area (Å²) in [5.74, 6) is -1.67. The number of benzene rings is 3. The van der Waals surface area contributed by atoms with Gasteiger partial charge in [0.2, 0.25) is 5.91 Å². The molecular formula is C28H28F3N3O2. The highest BCUT2D eigenvalue weighted by molar-refractivity contribution is 5.79. The van der Waals surface area contributed by atoms with Crippen LogP contribution in [0.15, 0.2) is 66.7 Å². The minimum Gasteiger partial charge on any atom is -0.352 e. The molecule has 3 amide bonds. The van der Waals surface area contributed by atoms with E-state index in [1.54, 1.807) is 29.2 Å². The van der Waals surface area contributed by atoms with Crippen LogP contribution in [0.5, 0.6) is 0 Å². The number of rotatable bonds is 7. The molecule has 1 aliphatic heterocycles. The average Bonchev–Trinajstić information content (AvgIpc) is 2.84. The number of nitrogens with one attached hydrogen (secondary N) is 1. The third-order valence-electron chi connectivity index (χ3n) is 7.10. The van der Waals surface area contributed by atoms with Crippen LogP contribution in [0.1, 0.15) is 43.4 Å². The largest absolute Gasteiger partial charge is 0.352 e. The van der Waals surface area contributed by atoms with Crippen LogP contribution in [0.25, 0.3) is 11.1 Å². The van der Waals surface area contributed by atoms with Gasteiger partial charge in [-0.3, -0.25) is 4.79 Å². The molecule has 0 radical (unpaired) electrons. The molecule has 1 aliphatic rings. The second kappa shape index (κ2) is 10.4. The fourth-order valence-electron chi connectivity index (χ4n) is 5.03. The second-order valence-corrected chi connectivity index (χ2v) is 9.26. The molecular weight excluding hydrogens is 467 g/mol. The van der Waals surface area contributed by atoms with Crippen LogP contribution < -0.4 is 11.1 Å². The SMILES string of the molecule is C[C@@H](c1ccc(-c2ccc(F)cc2F)cc1)N1CC[C@@](CCNC(N)=O)(c2ccc(F)cc2)CC1=O. The number of hydrogen-bond donors (Lipinski definition) is 2. The summed E-state index contributed by atoms with van der Waals surface area (Å²) in [6.45, 7) is 2.71. The number of piperidine rings is 1. The number of nitrogens with two attached hydrogens (primary N) is 1. The lowest BCUT2D eigenvalue weighted by atomic mass is 9.70. The number of hydrogen-bond acceptors (Lipinski definition) is 2. The first-order chi connectivity index (χ1) is 17.2. The number of likely N-dealkylation sites (tertiary alicyclic amines) is 1. The Labute approximate surface area is 208 Å². The van der Waals surface area contributed by atoms with Crippen LogP contribution in [0, 0.1) is 17.5 Å². The number of carbonyl (C=O) groups excluding carboxylic acids is 2. The lowest BCUT2D eigenvalue weighted by Gasteiger charge is -2.44. The zero-order chi connectivity index (χ0) is 25.9. The van der Waals surface area contributed by atoms with Gasteiger partial charge in [0.05, 0.1) is 6.04 Å². The Kier molecular flexibility index (Phi) is 7.33. The lowest BCUT2D eigenvalue weighted by molar-refractivity contribution is -0.138. The molecule has 36 heavy (non-hydrogen) atoms. The first-order valence-electron chi connectivity index (χ1n) is 11.8. The van der Waals surface area contributed by atoms with E-state index in [1.807, 2.05) is 19.1 Å². The molecule has 1 heterocycles. The topological polar surface area (TPSA) is 75.4 Å². The number of halogens is 3. The van der Waals surface area contributed by atoms with Crippen LogP contribution in [0.2, 0.25) is 0 Å². The maximum Gasteiger partial charge on any atom is 0.312 e. The van der Waals surface area contributed by atoms with Crippen LogP contribution in [0.3, 0.4) is 0 Å². The van der Waals surface area contributed by atoms with E-state index < -0.39 is 23.1 Å². The maximum atomic E-state index is 14.2. The Morgan fingerprint density at radius 3 is 2.31 bits per heavy atom. The zero-order valence-corrected chi connectivity index (χ0v) is 19.9. The van der Waals surface area contributed by atoms with Gasteiger partial charge in [-0.05, 0) is 60.7 Å². The van der Waals surface area contributed by atoms with E-state index in [-0.39, 0.29) is 24.2 Å². The number of amides is 3. The second-order valence-electron chi connectivity index (χ2n) is 9.26. The fourth-order valence-corrected chi connectivity index (χ4v) is 5.03. The third-order valence-corrected chi connectivity index (χ3v) is 7.10. The molecule has 3 N–H and O–H groups in total. The van der Waals surface area contributed by atoms with Crippen molar-refractivity contribution < 1.29 is 22.8 Å². The Balaban J connectivity index is 1.51. The highest BCUT2D eigenvalue weighted by Gasteiger charge is 2.41. The molecule has 3 aromatic rings. The van der Waals surface area contributed by atoms with Crippen molar-refractivity contribution in [1.29, 1.82) is 0 Å². The normalized spacial score (nSPS) is 18.7. The summed E-state index contributed by atoms with van der Waals surface area (Å²) in [5.41, 5.74) is 7.32. The van der Waals surface area contributed by atoms with Gasteiger partial charge in [0.15, 0.2) is 0 Å². The molecule has 0 aromatic heterocycles. The number of primary amides is 1. The molecule has 1 fully saturated rings. The van der Waals surface area contributed by atoms with E-state index in [4.69, 9.17) is 5.73 Å². The highest BCUT2D eigenvalue weighted by atomic mass is 19.1. The summed E-state index contributed by atoms with van der Waals surface area (Å²) in [5, 5.41) is 2.59. The molecule has 3 aromatic carbocycles. The quantitative estimate of drug-likeness (QED) is 0.457. The lowest BCUT2D eigenvalue weighted by Crippen LogP contribution is -2.48. The number of carbonyl (C=O) groups is 2. The standard InChI is InChI=1S/C28H28F3N3O2/c1-18(19-2-4-20(5-3-19)24-11-10-23(30)16-25(24)31)34-15-13-28(17-26(34)35,12-14-33-27(32)36)21-6-8-22(29)9-7-21/h2-11,16,18H,12-15,17H2,1H3,(H3,32,33,36)/t18-,28+/m0/s1. The van der Waals surface area contributed by atoms with E-state index in [9.17, 15) is 22.8 Å². The molecule has 0 spiro atoms. The van der Waals surface area contributed by atoms with Crippen LogP contribution in [-0.2, 0) is 10.2 Å². The molecule has 0 unspecified atom stereocenters. The van der Waals surface area contributed by atoms with Crippen molar-refractivity contribution >= 4 is 11.9 Å². The van der Waals surface area contributed by atoms with Gasteiger partial charge in [-0.15, -0.1) is 0 Å². The van der Waals surface area contributed by atoms with Crippen molar-refractivity contribution in [3.63, 3.8) is 0 Å². The Hall–Kier alpha value is -3.81. The summed E-state index contributed by atoms with van der Waals surface area (Å²) in [6.07, 6.45) is 1.34. The van der Waals surface area contributed by atoms with E-state index in [1.165, 1.54) is 24.3 Å². The molecule has 5 nitrogen and oxygen atoms in total. The van der Waals surface area contributed by atoms with Crippen molar-refractivity contribution in [2.45, 2.75) is 37.6 Å². The van der Waals surface area contributed by atoms with Gasteiger partial charge >= 0.3 is 6.03 Å². The molecule has 0 aliphatic carbocycles. The molecule has 0 saturated carbocycles. The van der Waals surface area contributed by atoms with E-state index >= 15 is 0 Å². The van der Waals surface area contributed by atoms with Crippen molar-refractivity contribution in [3.05, 3.63) is 95.3 Å². The molecule has 1 saturated heterocycles. The van der Waals surface area contributed by atoms with E-state index in [2.05, 4.69) is 5.32 Å². The van der Waals surface area contributed by atoms with Crippen molar-refractivity contribution in [1.82, 2.24) is 10.2 Å². The van der Waals surface area contributed by atoms with Gasteiger partial charge in [-0.2, -0.15) is 0 Å². The summed E-state index contributed by atoms with van der Waals surface area (Å²) < 4.78 is 41.0. The van der Waals surface area contributed by atoms with Crippen molar-refractivity contribution in [2.75, 3.05) is 13.1 Å². The monoisotopic (exact) mass is 495 g/mol. The molecule has 2 atom stereocenters. The zero-order valence-electron chi connectivity index (χ0n) is 19.9. The first-order valence-corrected chi connectivity index (χ1v) is 11.8. The van der Waals surface area contributed by atoms with Gasteiger partial charge in [-0.1, -0.05) is 36.4 Å². The van der Waals surface area contributed by atoms with Crippen LogP contribution >= 0.6 is 0 Å². The highest BCUT2D eigenvalue weighted by Crippen LogP contribution is 2.41. The molecule has 188 valence electrons. The number of urea groups is 1. The van der Waals surface area contributed by atoms with Gasteiger partial charge in [0.25, 0.3) is 0 Å². The summed E-state index contributed by atoms with van der Waals surface area (Å²) in [6, 6.07) is 16.0. The third kappa shape index (κ3) is 5.37.